The van der Waals surface area contributed by atoms with E-state index in [4.69, 9.17) is 14.2 Å². The van der Waals surface area contributed by atoms with Gasteiger partial charge in [-0.2, -0.15) is 0 Å². The zero-order valence-corrected chi connectivity index (χ0v) is 21.3. The quantitative estimate of drug-likeness (QED) is 0.510. The van der Waals surface area contributed by atoms with Crippen molar-refractivity contribution >= 4 is 11.8 Å². The molecule has 0 spiro atoms. The molecule has 36 heavy (non-hydrogen) atoms. The molecule has 190 valence electrons. The van der Waals surface area contributed by atoms with Crippen LogP contribution in [-0.4, -0.2) is 32.1 Å². The zero-order valence-electron chi connectivity index (χ0n) is 21.3. The lowest BCUT2D eigenvalue weighted by molar-refractivity contribution is -0.144. The normalized spacial score (nSPS) is 20.4. The van der Waals surface area contributed by atoms with Crippen molar-refractivity contribution in [3.05, 3.63) is 81.9 Å². The number of nitrogens with one attached hydrogen (secondary N) is 1. The summed E-state index contributed by atoms with van der Waals surface area (Å²) in [5.74, 6) is -0.572. The van der Waals surface area contributed by atoms with Gasteiger partial charge in [-0.15, -0.1) is 0 Å². The largest absolute Gasteiger partial charge is 0.493 e. The molecule has 0 radical (unpaired) electrons. The molecule has 0 fully saturated rings. The number of ether oxygens (including phenoxy) is 3. The van der Waals surface area contributed by atoms with Gasteiger partial charge in [-0.05, 0) is 68.0 Å². The second-order valence-electron chi connectivity index (χ2n) is 9.31. The summed E-state index contributed by atoms with van der Waals surface area (Å²) in [5, 5.41) is 3.32. The highest BCUT2D eigenvalue weighted by Gasteiger charge is 2.41. The summed E-state index contributed by atoms with van der Waals surface area (Å²) in [5.41, 5.74) is 3.71. The second-order valence-corrected chi connectivity index (χ2v) is 9.31. The van der Waals surface area contributed by atoms with Crippen molar-refractivity contribution in [2.45, 2.75) is 58.0 Å². The standard InChI is InChI=1S/C29H32FNO5/c1-6-16(2)36-29(33)26-17(3)31-22-13-20(18-10-11-24(34-4)25(15-18)35-5)14-23(32)28(22)27(26)19-8-7-9-21(30)12-19/h7-12,15-16,20,27,31H,6,13-14H2,1-5H3/t16-,20-,27+/m1/s1. The predicted molar refractivity (Wildman–Crippen MR) is 134 cm³/mol. The smallest absolute Gasteiger partial charge is 0.337 e. The molecule has 1 aliphatic heterocycles. The van der Waals surface area contributed by atoms with Crippen molar-refractivity contribution in [2.75, 3.05) is 14.2 Å². The molecular formula is C29H32FNO5. The summed E-state index contributed by atoms with van der Waals surface area (Å²) in [4.78, 5) is 27.0. The van der Waals surface area contributed by atoms with Gasteiger partial charge in [0, 0.05) is 29.3 Å². The summed E-state index contributed by atoms with van der Waals surface area (Å²) in [6, 6.07) is 11.8. The Hall–Kier alpha value is -3.61. The number of ketones is 1. The monoisotopic (exact) mass is 493 g/mol. The fourth-order valence-corrected chi connectivity index (χ4v) is 5.00. The highest BCUT2D eigenvalue weighted by atomic mass is 19.1. The fourth-order valence-electron chi connectivity index (χ4n) is 5.00. The minimum atomic E-state index is -0.702. The fraction of sp³-hybridized carbons (Fsp3) is 0.379. The molecule has 3 atom stereocenters. The number of halogens is 1. The number of hydrogen-bond acceptors (Lipinski definition) is 6. The molecule has 1 aliphatic carbocycles. The third-order valence-corrected chi connectivity index (χ3v) is 6.99. The van der Waals surface area contributed by atoms with Crippen molar-refractivity contribution < 1.29 is 28.2 Å². The highest BCUT2D eigenvalue weighted by molar-refractivity contribution is 6.04. The third-order valence-electron chi connectivity index (χ3n) is 6.99. The van der Waals surface area contributed by atoms with Crippen molar-refractivity contribution in [1.29, 1.82) is 0 Å². The molecule has 0 unspecified atom stereocenters. The molecule has 6 nitrogen and oxygen atoms in total. The van der Waals surface area contributed by atoms with Gasteiger partial charge in [0.2, 0.25) is 0 Å². The van der Waals surface area contributed by atoms with Gasteiger partial charge < -0.3 is 19.5 Å². The molecule has 4 rings (SSSR count). The van der Waals surface area contributed by atoms with E-state index in [1.807, 2.05) is 32.0 Å². The van der Waals surface area contributed by atoms with E-state index >= 15 is 0 Å². The number of Topliss-reactive ketones (excluding diaryl/α,β-unsaturated/α-hetero) is 1. The zero-order chi connectivity index (χ0) is 26.0. The molecule has 0 saturated heterocycles. The first-order chi connectivity index (χ1) is 17.3. The highest BCUT2D eigenvalue weighted by Crippen LogP contribution is 2.46. The first-order valence-corrected chi connectivity index (χ1v) is 12.2. The molecule has 0 amide bonds. The molecule has 0 bridgehead atoms. The number of hydrogen-bond donors (Lipinski definition) is 1. The van der Waals surface area contributed by atoms with Crippen molar-refractivity contribution in [3.8, 4) is 11.5 Å². The molecular weight excluding hydrogens is 461 g/mol. The topological polar surface area (TPSA) is 73.9 Å². The third kappa shape index (κ3) is 4.87. The lowest BCUT2D eigenvalue weighted by Crippen LogP contribution is -2.36. The summed E-state index contributed by atoms with van der Waals surface area (Å²) >= 11 is 0. The Balaban J connectivity index is 1.76. The summed E-state index contributed by atoms with van der Waals surface area (Å²) in [6.07, 6.45) is 1.20. The van der Waals surface area contributed by atoms with Crippen LogP contribution in [-0.2, 0) is 14.3 Å². The lowest BCUT2D eigenvalue weighted by Gasteiger charge is -2.37. The Labute approximate surface area is 211 Å². The summed E-state index contributed by atoms with van der Waals surface area (Å²) in [6.45, 7) is 5.56. The van der Waals surface area contributed by atoms with Gasteiger partial charge in [0.25, 0.3) is 0 Å². The van der Waals surface area contributed by atoms with Crippen LogP contribution in [0.25, 0.3) is 0 Å². The minimum Gasteiger partial charge on any atom is -0.493 e. The number of dihydropyridines is 1. The van der Waals surface area contributed by atoms with Crippen LogP contribution in [0.3, 0.4) is 0 Å². The average Bonchev–Trinajstić information content (AvgIpc) is 2.86. The number of methoxy groups -OCH3 is 2. The van der Waals surface area contributed by atoms with Gasteiger partial charge in [0.1, 0.15) is 5.82 Å². The van der Waals surface area contributed by atoms with Gasteiger partial charge in [-0.3, -0.25) is 4.79 Å². The number of carbonyl (C=O) groups excluding carboxylic acids is 2. The molecule has 7 heteroatoms. The summed E-state index contributed by atoms with van der Waals surface area (Å²) in [7, 11) is 3.16. The molecule has 2 aliphatic rings. The Morgan fingerprint density at radius 1 is 1.08 bits per heavy atom. The van der Waals surface area contributed by atoms with Crippen LogP contribution in [0.5, 0.6) is 11.5 Å². The van der Waals surface area contributed by atoms with Crippen LogP contribution in [0.4, 0.5) is 4.39 Å². The van der Waals surface area contributed by atoms with Crippen LogP contribution in [0, 0.1) is 5.82 Å². The molecule has 1 heterocycles. The van der Waals surface area contributed by atoms with Crippen molar-refractivity contribution in [3.63, 3.8) is 0 Å². The molecule has 2 aromatic rings. The number of allylic oxidation sites excluding steroid dienone is 3. The Morgan fingerprint density at radius 2 is 1.83 bits per heavy atom. The van der Waals surface area contributed by atoms with E-state index in [2.05, 4.69) is 5.32 Å². The SMILES string of the molecule is CC[C@@H](C)OC(=O)C1=C(C)NC2=C(C(=O)C[C@H](c3ccc(OC)c(OC)c3)C2)[C@H]1c1cccc(F)c1. The van der Waals surface area contributed by atoms with E-state index in [0.29, 0.717) is 46.7 Å². The van der Waals surface area contributed by atoms with E-state index in [1.54, 1.807) is 33.3 Å². The number of benzene rings is 2. The molecule has 0 saturated carbocycles. The van der Waals surface area contributed by atoms with Crippen LogP contribution in [0.1, 0.15) is 63.0 Å². The Bertz CT molecular complexity index is 1250. The van der Waals surface area contributed by atoms with Crippen LogP contribution < -0.4 is 14.8 Å². The van der Waals surface area contributed by atoms with E-state index in [9.17, 15) is 14.0 Å². The lowest BCUT2D eigenvalue weighted by atomic mass is 9.71. The molecule has 1 N–H and O–H groups in total. The van der Waals surface area contributed by atoms with Crippen molar-refractivity contribution in [2.24, 2.45) is 0 Å². The Kier molecular flexibility index (Phi) is 7.48. The van der Waals surface area contributed by atoms with Gasteiger partial charge in [-0.1, -0.05) is 25.1 Å². The van der Waals surface area contributed by atoms with Crippen LogP contribution in [0.2, 0.25) is 0 Å². The molecule has 2 aromatic carbocycles. The predicted octanol–water partition coefficient (Wildman–Crippen LogP) is 5.55. The van der Waals surface area contributed by atoms with Gasteiger partial charge in [0.15, 0.2) is 17.3 Å². The average molecular weight is 494 g/mol. The van der Waals surface area contributed by atoms with Gasteiger partial charge in [-0.25, -0.2) is 9.18 Å². The number of carbonyl (C=O) groups is 2. The maximum atomic E-state index is 14.3. The van der Waals surface area contributed by atoms with E-state index in [-0.39, 0.29) is 24.2 Å². The maximum Gasteiger partial charge on any atom is 0.337 e. The van der Waals surface area contributed by atoms with Gasteiger partial charge >= 0.3 is 5.97 Å². The van der Waals surface area contributed by atoms with Crippen LogP contribution >= 0.6 is 0 Å². The second kappa shape index (κ2) is 10.6. The van der Waals surface area contributed by atoms with E-state index in [0.717, 1.165) is 11.3 Å². The Morgan fingerprint density at radius 3 is 2.50 bits per heavy atom. The van der Waals surface area contributed by atoms with Crippen molar-refractivity contribution in [1.82, 2.24) is 5.32 Å². The van der Waals surface area contributed by atoms with E-state index < -0.39 is 17.7 Å². The minimum absolute atomic E-state index is 0.0841. The number of esters is 1. The van der Waals surface area contributed by atoms with E-state index in [1.165, 1.54) is 12.1 Å². The first-order valence-electron chi connectivity index (χ1n) is 12.2. The number of rotatable bonds is 7. The maximum absolute atomic E-state index is 14.3. The van der Waals surface area contributed by atoms with Crippen LogP contribution in [0.15, 0.2) is 65.0 Å². The first kappa shape index (κ1) is 25.5. The van der Waals surface area contributed by atoms with Gasteiger partial charge in [0.05, 0.1) is 25.9 Å². The summed E-state index contributed by atoms with van der Waals surface area (Å²) < 4.78 is 30.7. The molecule has 0 aromatic heterocycles.